The van der Waals surface area contributed by atoms with Crippen molar-refractivity contribution in [2.75, 3.05) is 5.73 Å². The fourth-order valence-corrected chi connectivity index (χ4v) is 4.36. The summed E-state index contributed by atoms with van der Waals surface area (Å²) in [5.74, 6) is 1.58. The van der Waals surface area contributed by atoms with Crippen LogP contribution in [0.4, 0.5) is 5.69 Å². The summed E-state index contributed by atoms with van der Waals surface area (Å²) in [4.78, 5) is 13.2. The summed E-state index contributed by atoms with van der Waals surface area (Å²) >= 11 is 0. The van der Waals surface area contributed by atoms with E-state index in [1.165, 1.54) is 17.2 Å². The average Bonchev–Trinajstić information content (AvgIpc) is 2.84. The molecule has 0 spiro atoms. The van der Waals surface area contributed by atoms with Gasteiger partial charge in [-0.05, 0) is 60.8 Å². The molecular formula is C31H42N2O3. The average molecular weight is 491 g/mol. The molecule has 5 heteroatoms. The van der Waals surface area contributed by atoms with Gasteiger partial charge in [-0.25, -0.2) is 0 Å². The van der Waals surface area contributed by atoms with Gasteiger partial charge in [-0.3, -0.25) is 4.79 Å². The van der Waals surface area contributed by atoms with Crippen LogP contribution >= 0.6 is 0 Å². The number of amides is 1. The topological polar surface area (TPSA) is 84.6 Å². The number of aromatic hydroxyl groups is 1. The van der Waals surface area contributed by atoms with Crippen LogP contribution in [0, 0.1) is 11.8 Å². The Morgan fingerprint density at radius 3 is 2.28 bits per heavy atom. The maximum absolute atomic E-state index is 13.2. The van der Waals surface area contributed by atoms with Crippen molar-refractivity contribution in [1.29, 1.82) is 0 Å². The summed E-state index contributed by atoms with van der Waals surface area (Å²) in [5, 5.41) is 15.1. The van der Waals surface area contributed by atoms with Gasteiger partial charge in [0.2, 0.25) is 0 Å². The minimum atomic E-state index is -0.520. The summed E-state index contributed by atoms with van der Waals surface area (Å²) in [5.41, 5.74) is 9.30. The van der Waals surface area contributed by atoms with Crippen molar-refractivity contribution in [1.82, 2.24) is 5.32 Å². The Kier molecular flexibility index (Phi) is 9.63. The second kappa shape index (κ2) is 12.7. The summed E-state index contributed by atoms with van der Waals surface area (Å²) in [7, 11) is 0. The molecule has 0 aliphatic carbocycles. The third kappa shape index (κ3) is 7.16. The molecule has 1 unspecified atom stereocenters. The maximum atomic E-state index is 13.2. The van der Waals surface area contributed by atoms with Gasteiger partial charge in [0.05, 0.1) is 5.56 Å². The molecule has 5 nitrogen and oxygen atoms in total. The van der Waals surface area contributed by atoms with Gasteiger partial charge >= 0.3 is 0 Å². The highest BCUT2D eigenvalue weighted by molar-refractivity contribution is 6.07. The summed E-state index contributed by atoms with van der Waals surface area (Å²) in [6.07, 6.45) is 5.16. The monoisotopic (exact) mass is 490 g/mol. The molecule has 0 bridgehead atoms. The normalized spacial score (nSPS) is 12.3. The maximum Gasteiger partial charge on any atom is 0.257 e. The number of nitrogens with two attached hydrogens (primary N) is 1. The molecule has 0 aliphatic heterocycles. The Morgan fingerprint density at radius 1 is 0.944 bits per heavy atom. The molecule has 194 valence electrons. The summed E-state index contributed by atoms with van der Waals surface area (Å²) < 4.78 is 6.40. The van der Waals surface area contributed by atoms with E-state index in [0.29, 0.717) is 29.3 Å². The van der Waals surface area contributed by atoms with Gasteiger partial charge in [-0.15, -0.1) is 0 Å². The first-order valence-electron chi connectivity index (χ1n) is 13.3. The van der Waals surface area contributed by atoms with Crippen LogP contribution in [0.3, 0.4) is 0 Å². The van der Waals surface area contributed by atoms with Crippen molar-refractivity contribution in [2.45, 2.75) is 79.4 Å². The zero-order valence-electron chi connectivity index (χ0n) is 22.4. The van der Waals surface area contributed by atoms with Gasteiger partial charge in [0.25, 0.3) is 5.91 Å². The molecule has 3 aromatic carbocycles. The van der Waals surface area contributed by atoms with Crippen molar-refractivity contribution >= 4 is 22.4 Å². The number of phenolic OH excluding ortho intramolecular Hbond substituents is 1. The lowest BCUT2D eigenvalue weighted by Crippen LogP contribution is -2.39. The molecule has 36 heavy (non-hydrogen) atoms. The van der Waals surface area contributed by atoms with Crippen molar-refractivity contribution in [3.8, 4) is 11.5 Å². The lowest BCUT2D eigenvalue weighted by molar-refractivity contribution is 0.0809. The zero-order chi connectivity index (χ0) is 26.2. The van der Waals surface area contributed by atoms with Crippen LogP contribution in [0.25, 0.3) is 10.8 Å². The SMILES string of the molecule is CCCC(NC(=O)c1cc(N)c2ccccc2c1O)Oc1ccc(CCC(C)C)cc1CCC(C)C. The van der Waals surface area contributed by atoms with Gasteiger partial charge in [0.1, 0.15) is 11.5 Å². The minimum absolute atomic E-state index is 0.0697. The molecule has 0 saturated heterocycles. The molecule has 0 saturated carbocycles. The number of rotatable bonds is 12. The van der Waals surface area contributed by atoms with Gasteiger partial charge in [-0.2, -0.15) is 0 Å². The van der Waals surface area contributed by atoms with Crippen molar-refractivity contribution < 1.29 is 14.6 Å². The van der Waals surface area contributed by atoms with E-state index in [-0.39, 0.29) is 11.3 Å². The fourth-order valence-electron chi connectivity index (χ4n) is 4.36. The Morgan fingerprint density at radius 2 is 1.61 bits per heavy atom. The molecule has 0 aromatic heterocycles. The number of anilines is 1. The summed E-state index contributed by atoms with van der Waals surface area (Å²) in [6, 6.07) is 15.2. The first-order valence-corrected chi connectivity index (χ1v) is 13.3. The predicted octanol–water partition coefficient (Wildman–Crippen LogP) is 7.24. The van der Waals surface area contributed by atoms with Crippen LogP contribution in [0.15, 0.2) is 48.5 Å². The van der Waals surface area contributed by atoms with E-state index in [4.69, 9.17) is 10.5 Å². The Labute approximate surface area is 216 Å². The highest BCUT2D eigenvalue weighted by atomic mass is 16.5. The molecule has 3 aromatic rings. The van der Waals surface area contributed by atoms with Crippen LogP contribution in [0.2, 0.25) is 0 Å². The molecule has 0 aliphatic rings. The van der Waals surface area contributed by atoms with Crippen molar-refractivity contribution in [3.05, 3.63) is 65.2 Å². The molecule has 3 rings (SSSR count). The quantitative estimate of drug-likeness (QED) is 0.142. The lowest BCUT2D eigenvalue weighted by atomic mass is 9.97. The molecular weight excluding hydrogens is 448 g/mol. The smallest absolute Gasteiger partial charge is 0.257 e. The van der Waals surface area contributed by atoms with E-state index >= 15 is 0 Å². The third-order valence-corrected chi connectivity index (χ3v) is 6.53. The molecule has 1 atom stereocenters. The van der Waals surface area contributed by atoms with E-state index in [1.807, 2.05) is 24.3 Å². The number of ether oxygens (including phenoxy) is 1. The lowest BCUT2D eigenvalue weighted by Gasteiger charge is -2.23. The highest BCUT2D eigenvalue weighted by Gasteiger charge is 2.21. The van der Waals surface area contributed by atoms with Crippen LogP contribution in [-0.2, 0) is 12.8 Å². The fraction of sp³-hybridized carbons (Fsp3) is 0.452. The van der Waals surface area contributed by atoms with E-state index in [9.17, 15) is 9.90 Å². The zero-order valence-corrected chi connectivity index (χ0v) is 22.4. The largest absolute Gasteiger partial charge is 0.506 e. The van der Waals surface area contributed by atoms with Gasteiger partial charge in [0, 0.05) is 22.9 Å². The van der Waals surface area contributed by atoms with Crippen LogP contribution in [-0.4, -0.2) is 17.2 Å². The third-order valence-electron chi connectivity index (χ3n) is 6.53. The number of fused-ring (bicyclic) bond motifs is 1. The number of nitrogen functional groups attached to an aromatic ring is 1. The molecule has 0 fully saturated rings. The standard InChI is InChI=1S/C31H42N2O3/c1-6-9-29(33-31(35)26-19-27(32)24-10-7-8-11-25(24)30(26)34)36-28-17-15-22(14-12-20(2)3)18-23(28)16-13-21(4)5/h7-8,10-11,15,17-21,29,34H,6,9,12-14,16,32H2,1-5H3,(H,33,35). The molecule has 1 amide bonds. The number of aryl methyl sites for hydroxylation is 2. The molecule has 0 radical (unpaired) electrons. The number of carbonyl (C=O) groups excluding carboxylic acids is 1. The van der Waals surface area contributed by atoms with E-state index in [1.54, 1.807) is 6.07 Å². The van der Waals surface area contributed by atoms with Gasteiger partial charge < -0.3 is 20.9 Å². The number of nitrogens with one attached hydrogen (secondary N) is 1. The van der Waals surface area contributed by atoms with E-state index in [2.05, 4.69) is 52.1 Å². The van der Waals surface area contributed by atoms with Crippen LogP contribution < -0.4 is 15.8 Å². The van der Waals surface area contributed by atoms with Crippen LogP contribution in [0.1, 0.15) is 81.8 Å². The van der Waals surface area contributed by atoms with Crippen LogP contribution in [0.5, 0.6) is 11.5 Å². The first-order chi connectivity index (χ1) is 17.2. The molecule has 4 N–H and O–H groups in total. The first kappa shape index (κ1) is 27.4. The number of phenols is 1. The molecule has 0 heterocycles. The predicted molar refractivity (Wildman–Crippen MR) is 150 cm³/mol. The van der Waals surface area contributed by atoms with E-state index < -0.39 is 12.1 Å². The Balaban J connectivity index is 1.84. The van der Waals surface area contributed by atoms with E-state index in [0.717, 1.165) is 43.2 Å². The minimum Gasteiger partial charge on any atom is -0.506 e. The number of hydrogen-bond acceptors (Lipinski definition) is 4. The van der Waals surface area contributed by atoms with Crippen molar-refractivity contribution in [3.63, 3.8) is 0 Å². The van der Waals surface area contributed by atoms with Gasteiger partial charge in [0.15, 0.2) is 6.23 Å². The van der Waals surface area contributed by atoms with Crippen molar-refractivity contribution in [2.24, 2.45) is 11.8 Å². The second-order valence-electron chi connectivity index (χ2n) is 10.6. The highest BCUT2D eigenvalue weighted by Crippen LogP contribution is 2.33. The Bertz CT molecular complexity index is 1170. The second-order valence-corrected chi connectivity index (χ2v) is 10.6. The number of carbonyl (C=O) groups is 1. The van der Waals surface area contributed by atoms with Gasteiger partial charge in [-0.1, -0.05) is 77.4 Å². The number of benzene rings is 3. The number of hydrogen-bond donors (Lipinski definition) is 3. The summed E-state index contributed by atoms with van der Waals surface area (Å²) in [6.45, 7) is 11.0. The Hall–Kier alpha value is -3.21.